The standard InChI is InChI=1S/C13H22ClN5O/c1-2-19-13(10(14)6-16-19)12(17-15)11-7-18-5-3-4-9(18)8-20-11/h6,9,11-12,17H,2-5,7-8,15H2,1H3. The number of aryl methyl sites for hydroxylation is 1. The number of hydrogen-bond acceptors (Lipinski definition) is 5. The first-order chi connectivity index (χ1) is 9.74. The molecule has 0 bridgehead atoms. The van der Waals surface area contributed by atoms with E-state index in [1.54, 1.807) is 6.20 Å². The van der Waals surface area contributed by atoms with Gasteiger partial charge in [-0.3, -0.25) is 15.4 Å². The van der Waals surface area contributed by atoms with Gasteiger partial charge < -0.3 is 4.74 Å². The van der Waals surface area contributed by atoms with Crippen LogP contribution in [0.3, 0.4) is 0 Å². The van der Waals surface area contributed by atoms with Gasteiger partial charge in [-0.1, -0.05) is 11.6 Å². The van der Waals surface area contributed by atoms with Crippen molar-refractivity contribution >= 4 is 11.6 Å². The van der Waals surface area contributed by atoms with Gasteiger partial charge in [-0.15, -0.1) is 0 Å². The van der Waals surface area contributed by atoms with Crippen LogP contribution in [0.4, 0.5) is 0 Å². The van der Waals surface area contributed by atoms with Gasteiger partial charge in [-0.05, 0) is 26.3 Å². The Bertz CT molecular complexity index is 466. The highest BCUT2D eigenvalue weighted by Crippen LogP contribution is 2.31. The average molecular weight is 300 g/mol. The van der Waals surface area contributed by atoms with Crippen molar-refractivity contribution in [3.05, 3.63) is 16.9 Å². The quantitative estimate of drug-likeness (QED) is 0.639. The normalized spacial score (nSPS) is 28.6. The zero-order valence-electron chi connectivity index (χ0n) is 11.8. The summed E-state index contributed by atoms with van der Waals surface area (Å²) < 4.78 is 7.92. The van der Waals surface area contributed by atoms with Gasteiger partial charge in [0, 0.05) is 19.1 Å². The van der Waals surface area contributed by atoms with Crippen molar-refractivity contribution in [2.45, 2.75) is 44.5 Å². The molecule has 0 amide bonds. The Labute approximate surface area is 124 Å². The van der Waals surface area contributed by atoms with Crippen LogP contribution < -0.4 is 11.3 Å². The number of halogens is 1. The molecule has 0 aliphatic carbocycles. The third-order valence-corrected chi connectivity index (χ3v) is 4.69. The van der Waals surface area contributed by atoms with Crippen LogP contribution >= 0.6 is 11.6 Å². The first kappa shape index (κ1) is 14.3. The summed E-state index contributed by atoms with van der Waals surface area (Å²) in [5, 5.41) is 4.93. The zero-order valence-corrected chi connectivity index (χ0v) is 12.5. The number of nitrogens with zero attached hydrogens (tertiary/aromatic N) is 3. The van der Waals surface area contributed by atoms with Crippen LogP contribution in [0.2, 0.25) is 5.02 Å². The molecule has 2 saturated heterocycles. The first-order valence-electron chi connectivity index (χ1n) is 7.27. The number of morpholine rings is 1. The SMILES string of the molecule is CCn1ncc(Cl)c1C(NN)C1CN2CCCC2CO1. The minimum absolute atomic E-state index is 0.00819. The topological polar surface area (TPSA) is 68.3 Å². The van der Waals surface area contributed by atoms with Crippen molar-refractivity contribution in [3.63, 3.8) is 0 Å². The molecule has 3 unspecified atom stereocenters. The molecule has 3 heterocycles. The molecule has 2 aliphatic rings. The van der Waals surface area contributed by atoms with Gasteiger partial charge in [-0.2, -0.15) is 5.10 Å². The number of nitrogens with two attached hydrogens (primary N) is 1. The van der Waals surface area contributed by atoms with Crippen LogP contribution in [-0.2, 0) is 11.3 Å². The van der Waals surface area contributed by atoms with Crippen molar-refractivity contribution in [3.8, 4) is 0 Å². The van der Waals surface area contributed by atoms with Gasteiger partial charge in [0.25, 0.3) is 0 Å². The molecule has 7 heteroatoms. The molecule has 3 rings (SSSR count). The summed E-state index contributed by atoms with van der Waals surface area (Å²) in [4.78, 5) is 2.50. The largest absolute Gasteiger partial charge is 0.373 e. The Kier molecular flexibility index (Phi) is 4.28. The smallest absolute Gasteiger partial charge is 0.0925 e. The molecular formula is C13H22ClN5O. The van der Waals surface area contributed by atoms with Crippen LogP contribution in [0.1, 0.15) is 31.5 Å². The average Bonchev–Trinajstić information content (AvgIpc) is 3.07. The van der Waals surface area contributed by atoms with Crippen molar-refractivity contribution < 1.29 is 4.74 Å². The van der Waals surface area contributed by atoms with Crippen molar-refractivity contribution in [1.29, 1.82) is 0 Å². The summed E-state index contributed by atoms with van der Waals surface area (Å²) in [7, 11) is 0. The lowest BCUT2D eigenvalue weighted by Gasteiger charge is -2.38. The molecule has 1 aromatic heterocycles. The van der Waals surface area contributed by atoms with Crippen LogP contribution in [0.15, 0.2) is 6.20 Å². The lowest BCUT2D eigenvalue weighted by molar-refractivity contribution is -0.0664. The van der Waals surface area contributed by atoms with Crippen LogP contribution in [-0.4, -0.2) is 46.5 Å². The Hall–Kier alpha value is -0.660. The van der Waals surface area contributed by atoms with Gasteiger partial charge in [0.2, 0.25) is 0 Å². The monoisotopic (exact) mass is 299 g/mol. The number of aromatic nitrogens is 2. The Morgan fingerprint density at radius 3 is 3.25 bits per heavy atom. The van der Waals surface area contributed by atoms with Gasteiger partial charge in [0.15, 0.2) is 0 Å². The van der Waals surface area contributed by atoms with E-state index >= 15 is 0 Å². The highest BCUT2D eigenvalue weighted by Gasteiger charge is 2.37. The molecule has 1 aromatic rings. The van der Waals surface area contributed by atoms with Crippen LogP contribution in [0.25, 0.3) is 0 Å². The van der Waals surface area contributed by atoms with Gasteiger partial charge >= 0.3 is 0 Å². The molecule has 0 aromatic carbocycles. The predicted molar refractivity (Wildman–Crippen MR) is 77.3 cm³/mol. The lowest BCUT2D eigenvalue weighted by atomic mass is 10.0. The van der Waals surface area contributed by atoms with E-state index in [4.69, 9.17) is 22.2 Å². The number of hydrogen-bond donors (Lipinski definition) is 2. The molecule has 3 N–H and O–H groups in total. The number of nitrogens with one attached hydrogen (secondary N) is 1. The minimum Gasteiger partial charge on any atom is -0.373 e. The molecule has 20 heavy (non-hydrogen) atoms. The molecule has 0 saturated carbocycles. The Morgan fingerprint density at radius 1 is 1.65 bits per heavy atom. The second-order valence-electron chi connectivity index (χ2n) is 5.50. The van der Waals surface area contributed by atoms with Gasteiger partial charge in [-0.25, -0.2) is 5.43 Å². The predicted octanol–water partition coefficient (Wildman–Crippen LogP) is 0.924. The molecule has 0 radical (unpaired) electrons. The van der Waals surface area contributed by atoms with Crippen molar-refractivity contribution in [2.24, 2.45) is 5.84 Å². The molecule has 0 spiro atoms. The van der Waals surface area contributed by atoms with Gasteiger partial charge in [0.05, 0.1) is 35.7 Å². The van der Waals surface area contributed by atoms with E-state index in [2.05, 4.69) is 15.4 Å². The first-order valence-corrected chi connectivity index (χ1v) is 7.65. The molecule has 6 nitrogen and oxygen atoms in total. The summed E-state index contributed by atoms with van der Waals surface area (Å²) in [6.07, 6.45) is 4.18. The number of hydrazine groups is 1. The van der Waals surface area contributed by atoms with E-state index in [1.165, 1.54) is 12.8 Å². The fourth-order valence-electron chi connectivity index (χ4n) is 3.34. The van der Waals surface area contributed by atoms with E-state index in [-0.39, 0.29) is 12.1 Å². The molecule has 2 fully saturated rings. The maximum absolute atomic E-state index is 6.28. The Balaban J connectivity index is 1.81. The molecule has 112 valence electrons. The van der Waals surface area contributed by atoms with Crippen LogP contribution in [0, 0.1) is 0 Å². The number of rotatable bonds is 4. The zero-order chi connectivity index (χ0) is 14.1. The second kappa shape index (κ2) is 5.99. The molecular weight excluding hydrogens is 278 g/mol. The van der Waals surface area contributed by atoms with E-state index < -0.39 is 0 Å². The molecule has 2 aliphatic heterocycles. The second-order valence-corrected chi connectivity index (χ2v) is 5.91. The summed E-state index contributed by atoms with van der Waals surface area (Å²) in [6, 6.07) is 0.447. The van der Waals surface area contributed by atoms with E-state index in [1.807, 2.05) is 11.6 Å². The number of fused-ring (bicyclic) bond motifs is 1. The van der Waals surface area contributed by atoms with Crippen molar-refractivity contribution in [2.75, 3.05) is 19.7 Å². The highest BCUT2D eigenvalue weighted by atomic mass is 35.5. The van der Waals surface area contributed by atoms with E-state index in [0.717, 1.165) is 31.9 Å². The molecule has 3 atom stereocenters. The summed E-state index contributed by atoms with van der Waals surface area (Å²) in [5.74, 6) is 5.78. The van der Waals surface area contributed by atoms with E-state index in [9.17, 15) is 0 Å². The summed E-state index contributed by atoms with van der Waals surface area (Å²) in [6.45, 7) is 5.63. The Morgan fingerprint density at radius 2 is 2.50 bits per heavy atom. The fraction of sp³-hybridized carbons (Fsp3) is 0.769. The lowest BCUT2D eigenvalue weighted by Crippen LogP contribution is -2.52. The highest BCUT2D eigenvalue weighted by molar-refractivity contribution is 6.31. The van der Waals surface area contributed by atoms with Crippen LogP contribution in [0.5, 0.6) is 0 Å². The summed E-state index contributed by atoms with van der Waals surface area (Å²) in [5.41, 5.74) is 3.79. The summed E-state index contributed by atoms with van der Waals surface area (Å²) >= 11 is 6.28. The van der Waals surface area contributed by atoms with E-state index in [0.29, 0.717) is 11.1 Å². The van der Waals surface area contributed by atoms with Crippen molar-refractivity contribution in [1.82, 2.24) is 20.1 Å². The minimum atomic E-state index is -0.133. The maximum atomic E-state index is 6.28. The van der Waals surface area contributed by atoms with Gasteiger partial charge in [0.1, 0.15) is 0 Å². The number of ether oxygens (including phenoxy) is 1. The fourth-order valence-corrected chi connectivity index (χ4v) is 3.60. The third kappa shape index (κ3) is 2.46. The third-order valence-electron chi connectivity index (χ3n) is 4.39. The maximum Gasteiger partial charge on any atom is 0.0925 e.